The standard InChI is InChI=1S/C19H24N4O4/c1-26-16-8-4-5-9-17(16)27-13-19(25)22-15-10-20-23(11-15)12-18(24)21-14-6-2-3-7-14/h4-5,8-11,14H,2-3,6-7,12-13H2,1H3,(H,21,24)(H,22,25). The predicted molar refractivity (Wildman–Crippen MR) is 99.7 cm³/mol. The van der Waals surface area contributed by atoms with E-state index in [0.29, 0.717) is 17.2 Å². The van der Waals surface area contributed by atoms with Crippen LogP contribution in [0.3, 0.4) is 0 Å². The lowest BCUT2D eigenvalue weighted by atomic mass is 10.2. The number of hydrogen-bond acceptors (Lipinski definition) is 5. The predicted octanol–water partition coefficient (Wildman–Crippen LogP) is 1.97. The number of methoxy groups -OCH3 is 1. The number of rotatable bonds is 8. The zero-order valence-electron chi connectivity index (χ0n) is 15.3. The molecule has 0 saturated heterocycles. The van der Waals surface area contributed by atoms with Gasteiger partial charge in [0.15, 0.2) is 18.1 Å². The van der Waals surface area contributed by atoms with Crippen LogP contribution in [0, 0.1) is 0 Å². The summed E-state index contributed by atoms with van der Waals surface area (Å²) in [5.41, 5.74) is 0.511. The van der Waals surface area contributed by atoms with Crippen molar-refractivity contribution in [3.8, 4) is 11.5 Å². The first-order valence-corrected chi connectivity index (χ1v) is 9.01. The Kier molecular flexibility index (Phi) is 6.30. The van der Waals surface area contributed by atoms with E-state index in [2.05, 4.69) is 15.7 Å². The number of para-hydroxylation sites is 2. The number of anilines is 1. The summed E-state index contributed by atoms with van der Waals surface area (Å²) in [5, 5.41) is 9.81. The van der Waals surface area contributed by atoms with Gasteiger partial charge in [0.1, 0.15) is 6.54 Å². The fourth-order valence-corrected chi connectivity index (χ4v) is 3.08. The Bertz CT molecular complexity index is 784. The average Bonchev–Trinajstić information content (AvgIpc) is 3.32. The molecular weight excluding hydrogens is 348 g/mol. The van der Waals surface area contributed by atoms with Crippen molar-refractivity contribution in [2.24, 2.45) is 0 Å². The maximum Gasteiger partial charge on any atom is 0.262 e. The molecule has 1 fully saturated rings. The molecule has 1 aromatic carbocycles. The zero-order chi connectivity index (χ0) is 19.1. The van der Waals surface area contributed by atoms with E-state index in [0.717, 1.165) is 12.8 Å². The average molecular weight is 372 g/mol. The van der Waals surface area contributed by atoms with Gasteiger partial charge >= 0.3 is 0 Å². The van der Waals surface area contributed by atoms with E-state index in [1.165, 1.54) is 23.7 Å². The van der Waals surface area contributed by atoms with Crippen molar-refractivity contribution < 1.29 is 19.1 Å². The zero-order valence-corrected chi connectivity index (χ0v) is 15.3. The molecule has 8 heteroatoms. The monoisotopic (exact) mass is 372 g/mol. The summed E-state index contributed by atoms with van der Waals surface area (Å²) >= 11 is 0. The van der Waals surface area contributed by atoms with Crippen LogP contribution in [0.25, 0.3) is 0 Å². The number of carbonyl (C=O) groups excluding carboxylic acids is 2. The van der Waals surface area contributed by atoms with Crippen molar-refractivity contribution in [2.45, 2.75) is 38.3 Å². The third-order valence-electron chi connectivity index (χ3n) is 4.37. The van der Waals surface area contributed by atoms with Crippen LogP contribution in [-0.4, -0.2) is 41.4 Å². The summed E-state index contributed by atoms with van der Waals surface area (Å²) in [7, 11) is 1.54. The second-order valence-electron chi connectivity index (χ2n) is 6.46. The van der Waals surface area contributed by atoms with E-state index in [9.17, 15) is 9.59 Å². The second kappa shape index (κ2) is 9.07. The molecule has 1 aromatic heterocycles. The highest BCUT2D eigenvalue weighted by molar-refractivity contribution is 5.91. The first kappa shape index (κ1) is 18.8. The number of hydrogen-bond donors (Lipinski definition) is 2. The molecule has 1 heterocycles. The molecule has 0 spiro atoms. The Hall–Kier alpha value is -3.03. The van der Waals surface area contributed by atoms with Crippen molar-refractivity contribution in [3.05, 3.63) is 36.7 Å². The summed E-state index contributed by atoms with van der Waals surface area (Å²) in [4.78, 5) is 24.1. The highest BCUT2D eigenvalue weighted by Gasteiger charge is 2.17. The molecule has 2 amide bonds. The van der Waals surface area contributed by atoms with Crippen LogP contribution >= 0.6 is 0 Å². The summed E-state index contributed by atoms with van der Waals surface area (Å²) in [6.45, 7) is -0.0300. The molecule has 144 valence electrons. The van der Waals surface area contributed by atoms with Gasteiger partial charge in [-0.15, -0.1) is 0 Å². The van der Waals surface area contributed by atoms with Crippen LogP contribution in [-0.2, 0) is 16.1 Å². The van der Waals surface area contributed by atoms with E-state index >= 15 is 0 Å². The number of benzene rings is 1. The third kappa shape index (κ3) is 5.47. The molecule has 1 aliphatic rings. The number of carbonyl (C=O) groups is 2. The Balaban J connectivity index is 1.45. The van der Waals surface area contributed by atoms with Crippen LogP contribution in [0.5, 0.6) is 11.5 Å². The lowest BCUT2D eigenvalue weighted by molar-refractivity contribution is -0.122. The van der Waals surface area contributed by atoms with Gasteiger partial charge in [0, 0.05) is 12.2 Å². The Morgan fingerprint density at radius 3 is 2.67 bits per heavy atom. The first-order valence-electron chi connectivity index (χ1n) is 9.01. The summed E-state index contributed by atoms with van der Waals surface area (Å²) < 4.78 is 12.2. The molecule has 0 aliphatic heterocycles. The van der Waals surface area contributed by atoms with Crippen molar-refractivity contribution in [2.75, 3.05) is 19.0 Å². The van der Waals surface area contributed by atoms with Crippen LogP contribution in [0.2, 0.25) is 0 Å². The minimum atomic E-state index is -0.323. The molecule has 8 nitrogen and oxygen atoms in total. The molecule has 1 saturated carbocycles. The van der Waals surface area contributed by atoms with E-state index in [4.69, 9.17) is 9.47 Å². The molecule has 3 rings (SSSR count). The highest BCUT2D eigenvalue weighted by atomic mass is 16.5. The molecular formula is C19H24N4O4. The fraction of sp³-hybridized carbons (Fsp3) is 0.421. The van der Waals surface area contributed by atoms with Gasteiger partial charge in [-0.25, -0.2) is 0 Å². The molecule has 0 atom stereocenters. The van der Waals surface area contributed by atoms with E-state index in [1.807, 2.05) is 6.07 Å². The Morgan fingerprint density at radius 1 is 1.19 bits per heavy atom. The Labute approximate surface area is 157 Å². The maximum absolute atomic E-state index is 12.1. The van der Waals surface area contributed by atoms with Crippen LogP contribution < -0.4 is 20.1 Å². The van der Waals surface area contributed by atoms with Gasteiger partial charge in [-0.1, -0.05) is 25.0 Å². The SMILES string of the molecule is COc1ccccc1OCC(=O)Nc1cnn(CC(=O)NC2CCCC2)c1. The summed E-state index contributed by atoms with van der Waals surface area (Å²) in [5.74, 6) is 0.666. The second-order valence-corrected chi connectivity index (χ2v) is 6.46. The molecule has 27 heavy (non-hydrogen) atoms. The fourth-order valence-electron chi connectivity index (χ4n) is 3.08. The molecule has 0 unspecified atom stereocenters. The van der Waals surface area contributed by atoms with Gasteiger partial charge in [-0.2, -0.15) is 5.10 Å². The quantitative estimate of drug-likeness (QED) is 0.739. The first-order chi connectivity index (χ1) is 13.1. The smallest absolute Gasteiger partial charge is 0.262 e. The van der Waals surface area contributed by atoms with Gasteiger partial charge in [0.2, 0.25) is 5.91 Å². The van der Waals surface area contributed by atoms with E-state index < -0.39 is 0 Å². The lowest BCUT2D eigenvalue weighted by Gasteiger charge is -2.11. The van der Waals surface area contributed by atoms with Crippen molar-refractivity contribution in [3.63, 3.8) is 0 Å². The number of nitrogens with zero attached hydrogens (tertiary/aromatic N) is 2. The Morgan fingerprint density at radius 2 is 1.93 bits per heavy atom. The van der Waals surface area contributed by atoms with Crippen molar-refractivity contribution in [1.29, 1.82) is 0 Å². The van der Waals surface area contributed by atoms with E-state index in [-0.39, 0.29) is 31.0 Å². The van der Waals surface area contributed by atoms with Gasteiger partial charge in [0.05, 0.1) is 19.0 Å². The number of nitrogens with one attached hydrogen (secondary N) is 2. The summed E-state index contributed by atoms with van der Waals surface area (Å²) in [6.07, 6.45) is 7.54. The van der Waals surface area contributed by atoms with Crippen LogP contribution in [0.1, 0.15) is 25.7 Å². The molecule has 0 bridgehead atoms. The van der Waals surface area contributed by atoms with Gasteiger partial charge in [-0.05, 0) is 25.0 Å². The van der Waals surface area contributed by atoms with Crippen molar-refractivity contribution in [1.82, 2.24) is 15.1 Å². The molecule has 2 aromatic rings. The van der Waals surface area contributed by atoms with Crippen LogP contribution in [0.15, 0.2) is 36.7 Å². The molecule has 2 N–H and O–H groups in total. The van der Waals surface area contributed by atoms with E-state index in [1.54, 1.807) is 31.5 Å². The summed E-state index contributed by atoms with van der Waals surface area (Å²) in [6, 6.07) is 7.39. The third-order valence-corrected chi connectivity index (χ3v) is 4.37. The van der Waals surface area contributed by atoms with Gasteiger partial charge < -0.3 is 20.1 Å². The lowest BCUT2D eigenvalue weighted by Crippen LogP contribution is -2.35. The molecule has 1 aliphatic carbocycles. The van der Waals surface area contributed by atoms with Crippen molar-refractivity contribution >= 4 is 17.5 Å². The van der Waals surface area contributed by atoms with Crippen LogP contribution in [0.4, 0.5) is 5.69 Å². The van der Waals surface area contributed by atoms with Gasteiger partial charge in [0.25, 0.3) is 5.91 Å². The maximum atomic E-state index is 12.1. The highest BCUT2D eigenvalue weighted by Crippen LogP contribution is 2.25. The number of amides is 2. The normalized spacial score (nSPS) is 14.0. The number of aromatic nitrogens is 2. The molecule has 0 radical (unpaired) electrons. The largest absolute Gasteiger partial charge is 0.493 e. The minimum absolute atomic E-state index is 0.0672. The number of ether oxygens (including phenoxy) is 2. The topological polar surface area (TPSA) is 94.5 Å². The minimum Gasteiger partial charge on any atom is -0.493 e. The van der Waals surface area contributed by atoms with Gasteiger partial charge in [-0.3, -0.25) is 14.3 Å².